The van der Waals surface area contributed by atoms with Crippen LogP contribution in [0.3, 0.4) is 0 Å². The highest BCUT2D eigenvalue weighted by Gasteiger charge is 2.32. The van der Waals surface area contributed by atoms with Crippen LogP contribution in [0.2, 0.25) is 0 Å². The molecule has 0 aromatic carbocycles. The third kappa shape index (κ3) is 4.51. The SMILES string of the molecule is C[C@@H]1C[C@H](NC(=O)c2cc(C3CC3)on2)CCN1C(=O)CC1CCNCC1. The van der Waals surface area contributed by atoms with Gasteiger partial charge in [-0.2, -0.15) is 0 Å². The third-order valence-electron chi connectivity index (χ3n) is 6.19. The first-order valence-electron chi connectivity index (χ1n) is 10.4. The number of carbonyl (C=O) groups is 2. The molecule has 2 saturated heterocycles. The fourth-order valence-corrected chi connectivity index (χ4v) is 4.34. The monoisotopic (exact) mass is 374 g/mol. The molecule has 27 heavy (non-hydrogen) atoms. The van der Waals surface area contributed by atoms with Gasteiger partial charge in [0.2, 0.25) is 5.91 Å². The Labute approximate surface area is 160 Å². The Hall–Kier alpha value is -1.89. The molecule has 1 aliphatic carbocycles. The lowest BCUT2D eigenvalue weighted by Crippen LogP contribution is -2.51. The molecule has 4 rings (SSSR count). The van der Waals surface area contributed by atoms with Crippen LogP contribution in [-0.4, -0.2) is 53.6 Å². The van der Waals surface area contributed by atoms with Gasteiger partial charge in [-0.1, -0.05) is 5.16 Å². The molecule has 0 spiro atoms. The van der Waals surface area contributed by atoms with Crippen LogP contribution in [0.1, 0.15) is 74.0 Å². The maximum atomic E-state index is 12.7. The van der Waals surface area contributed by atoms with Gasteiger partial charge in [0.25, 0.3) is 5.91 Å². The maximum Gasteiger partial charge on any atom is 0.273 e. The molecule has 2 amide bonds. The molecule has 1 saturated carbocycles. The van der Waals surface area contributed by atoms with Gasteiger partial charge in [-0.05, 0) is 64.5 Å². The number of rotatable bonds is 5. The van der Waals surface area contributed by atoms with E-state index in [9.17, 15) is 9.59 Å². The first kappa shape index (κ1) is 18.5. The lowest BCUT2D eigenvalue weighted by atomic mass is 9.92. The topological polar surface area (TPSA) is 87.5 Å². The van der Waals surface area contributed by atoms with E-state index in [4.69, 9.17) is 4.52 Å². The van der Waals surface area contributed by atoms with E-state index in [1.165, 1.54) is 0 Å². The van der Waals surface area contributed by atoms with E-state index in [0.29, 0.717) is 30.5 Å². The van der Waals surface area contributed by atoms with Gasteiger partial charge in [0.05, 0.1) is 0 Å². The van der Waals surface area contributed by atoms with E-state index in [0.717, 1.165) is 57.4 Å². The van der Waals surface area contributed by atoms with Crippen molar-refractivity contribution in [3.05, 3.63) is 17.5 Å². The first-order valence-corrected chi connectivity index (χ1v) is 10.4. The molecular formula is C20H30N4O3. The van der Waals surface area contributed by atoms with Gasteiger partial charge in [0.1, 0.15) is 5.76 Å². The van der Waals surface area contributed by atoms with Crippen molar-refractivity contribution in [2.24, 2.45) is 5.92 Å². The summed E-state index contributed by atoms with van der Waals surface area (Å²) in [5.41, 5.74) is 0.369. The van der Waals surface area contributed by atoms with Crippen molar-refractivity contribution in [2.45, 2.75) is 69.9 Å². The van der Waals surface area contributed by atoms with Crippen molar-refractivity contribution in [1.29, 1.82) is 0 Å². The first-order chi connectivity index (χ1) is 13.1. The van der Waals surface area contributed by atoms with Crippen LogP contribution in [0, 0.1) is 5.92 Å². The molecule has 2 atom stereocenters. The van der Waals surface area contributed by atoms with Crippen molar-refractivity contribution < 1.29 is 14.1 Å². The van der Waals surface area contributed by atoms with E-state index >= 15 is 0 Å². The van der Waals surface area contributed by atoms with E-state index in [1.54, 1.807) is 6.07 Å². The number of nitrogens with zero attached hydrogens (tertiary/aromatic N) is 2. The summed E-state index contributed by atoms with van der Waals surface area (Å²) in [5.74, 6) is 1.89. The van der Waals surface area contributed by atoms with Crippen molar-refractivity contribution in [2.75, 3.05) is 19.6 Å². The molecule has 1 aromatic rings. The van der Waals surface area contributed by atoms with Gasteiger partial charge in [-0.25, -0.2) is 0 Å². The van der Waals surface area contributed by atoms with Crippen LogP contribution in [-0.2, 0) is 4.79 Å². The predicted octanol–water partition coefficient (Wildman–Crippen LogP) is 2.05. The number of aromatic nitrogens is 1. The summed E-state index contributed by atoms with van der Waals surface area (Å²) in [6.07, 6.45) is 6.67. The van der Waals surface area contributed by atoms with Crippen LogP contribution < -0.4 is 10.6 Å². The Morgan fingerprint density at radius 2 is 2.04 bits per heavy atom. The molecule has 1 aromatic heterocycles. The van der Waals surface area contributed by atoms with E-state index in [2.05, 4.69) is 22.7 Å². The molecule has 148 valence electrons. The molecule has 2 N–H and O–H groups in total. The van der Waals surface area contributed by atoms with E-state index in [-0.39, 0.29) is 23.9 Å². The lowest BCUT2D eigenvalue weighted by Gasteiger charge is -2.38. The van der Waals surface area contributed by atoms with Crippen molar-refractivity contribution in [3.8, 4) is 0 Å². The zero-order valence-corrected chi connectivity index (χ0v) is 16.1. The smallest absolute Gasteiger partial charge is 0.273 e. The molecule has 0 radical (unpaired) electrons. The summed E-state index contributed by atoms with van der Waals surface area (Å²) in [6.45, 7) is 4.83. The molecular weight excluding hydrogens is 344 g/mol. The Balaban J connectivity index is 1.26. The molecule has 2 aliphatic heterocycles. The summed E-state index contributed by atoms with van der Waals surface area (Å²) in [5, 5.41) is 10.3. The van der Waals surface area contributed by atoms with Gasteiger partial charge in [0.15, 0.2) is 5.69 Å². The summed E-state index contributed by atoms with van der Waals surface area (Å²) >= 11 is 0. The quantitative estimate of drug-likeness (QED) is 0.824. The lowest BCUT2D eigenvalue weighted by molar-refractivity contribution is -0.135. The highest BCUT2D eigenvalue weighted by Crippen LogP contribution is 2.40. The highest BCUT2D eigenvalue weighted by atomic mass is 16.5. The number of nitrogens with one attached hydrogen (secondary N) is 2. The molecule has 7 heteroatoms. The number of hydrogen-bond donors (Lipinski definition) is 2. The van der Waals surface area contributed by atoms with Gasteiger partial charge >= 0.3 is 0 Å². The Morgan fingerprint density at radius 1 is 1.26 bits per heavy atom. The second-order valence-electron chi connectivity index (χ2n) is 8.42. The van der Waals surface area contributed by atoms with Gasteiger partial charge < -0.3 is 20.1 Å². The van der Waals surface area contributed by atoms with Gasteiger partial charge in [-0.15, -0.1) is 0 Å². The Kier molecular flexibility index (Phi) is 5.48. The number of piperidine rings is 2. The highest BCUT2D eigenvalue weighted by molar-refractivity contribution is 5.92. The van der Waals surface area contributed by atoms with Gasteiger partial charge in [-0.3, -0.25) is 9.59 Å². The number of likely N-dealkylation sites (tertiary alicyclic amines) is 1. The maximum absolute atomic E-state index is 12.7. The van der Waals surface area contributed by atoms with E-state index < -0.39 is 0 Å². The van der Waals surface area contributed by atoms with Crippen molar-refractivity contribution >= 4 is 11.8 Å². The van der Waals surface area contributed by atoms with Crippen LogP contribution in [0.5, 0.6) is 0 Å². The van der Waals surface area contributed by atoms with Gasteiger partial charge in [0, 0.05) is 37.0 Å². The Bertz CT molecular complexity index is 679. The number of hydrogen-bond acceptors (Lipinski definition) is 5. The summed E-state index contributed by atoms with van der Waals surface area (Å²) in [6, 6.07) is 2.00. The molecule has 0 unspecified atom stereocenters. The average Bonchev–Trinajstić information content (AvgIpc) is 3.39. The Morgan fingerprint density at radius 3 is 2.74 bits per heavy atom. The fourth-order valence-electron chi connectivity index (χ4n) is 4.34. The molecule has 3 heterocycles. The molecule has 3 aliphatic rings. The molecule has 3 fully saturated rings. The number of carbonyl (C=O) groups excluding carboxylic acids is 2. The molecule has 7 nitrogen and oxygen atoms in total. The van der Waals surface area contributed by atoms with E-state index in [1.807, 2.05) is 4.90 Å². The minimum atomic E-state index is -0.169. The summed E-state index contributed by atoms with van der Waals surface area (Å²) < 4.78 is 5.27. The molecule has 0 bridgehead atoms. The normalized spacial score (nSPS) is 26.8. The van der Waals surface area contributed by atoms with Crippen molar-refractivity contribution in [1.82, 2.24) is 20.7 Å². The zero-order chi connectivity index (χ0) is 18.8. The van der Waals surface area contributed by atoms with Crippen LogP contribution in [0.25, 0.3) is 0 Å². The fraction of sp³-hybridized carbons (Fsp3) is 0.750. The minimum absolute atomic E-state index is 0.0801. The van der Waals surface area contributed by atoms with Crippen molar-refractivity contribution in [3.63, 3.8) is 0 Å². The predicted molar refractivity (Wildman–Crippen MR) is 100 cm³/mol. The number of amides is 2. The second-order valence-corrected chi connectivity index (χ2v) is 8.42. The largest absolute Gasteiger partial charge is 0.360 e. The van der Waals surface area contributed by atoms with Crippen LogP contribution in [0.15, 0.2) is 10.6 Å². The third-order valence-corrected chi connectivity index (χ3v) is 6.19. The second kappa shape index (κ2) is 8.00. The zero-order valence-electron chi connectivity index (χ0n) is 16.1. The van der Waals surface area contributed by atoms with Crippen LogP contribution in [0.4, 0.5) is 0 Å². The van der Waals surface area contributed by atoms with Crippen LogP contribution >= 0.6 is 0 Å². The minimum Gasteiger partial charge on any atom is -0.360 e. The summed E-state index contributed by atoms with van der Waals surface area (Å²) in [7, 11) is 0. The summed E-state index contributed by atoms with van der Waals surface area (Å²) in [4.78, 5) is 27.1. The average molecular weight is 374 g/mol. The standard InChI is InChI=1S/C20H30N4O3/c1-13-10-16(22-20(26)17-12-18(27-23-17)15-2-3-15)6-9-24(13)19(25)11-14-4-7-21-8-5-14/h12-16,21H,2-11H2,1H3,(H,22,26)/t13-,16-/m1/s1.